The molecule has 0 radical (unpaired) electrons. The second-order valence-electron chi connectivity index (χ2n) is 2.28. The Bertz CT molecular complexity index is 220. The largest absolute Gasteiger partial charge is 0.745 e. The van der Waals surface area contributed by atoms with E-state index in [1.165, 1.54) is 0 Å². The highest BCUT2D eigenvalue weighted by Crippen LogP contribution is 2.30. The Hall–Kier alpha value is -0.370. The van der Waals surface area contributed by atoms with Gasteiger partial charge >= 0.3 is 16.5 Å². The zero-order valence-corrected chi connectivity index (χ0v) is 9.70. The molecular formula is C5H12O9P2+2. The molecule has 0 aliphatic heterocycles. The maximum Gasteiger partial charge on any atom is 0.745 e. The molecule has 4 atom stereocenters. The van der Waals surface area contributed by atoms with Gasteiger partial charge in [0.15, 0.2) is 4.31 Å². The summed E-state index contributed by atoms with van der Waals surface area (Å²) < 4.78 is 22.2. The molecule has 0 aromatic heterocycles. The maximum atomic E-state index is 9.68. The van der Waals surface area contributed by atoms with E-state index in [-0.39, 0.29) is 6.42 Å². The Labute approximate surface area is 92.2 Å². The molecule has 9 nitrogen and oxygen atoms in total. The predicted octanol–water partition coefficient (Wildman–Crippen LogP) is -1.41. The predicted molar refractivity (Wildman–Crippen MR) is 50.5 cm³/mol. The maximum absolute atomic E-state index is 9.68. The molecular weight excluding hydrogens is 266 g/mol. The molecule has 4 unspecified atom stereocenters. The van der Waals surface area contributed by atoms with E-state index in [2.05, 4.69) is 4.31 Å². The van der Waals surface area contributed by atoms with Crippen LogP contribution in [-0.4, -0.2) is 50.2 Å². The van der Waals surface area contributed by atoms with Crippen LogP contribution in [0.3, 0.4) is 0 Å². The molecule has 0 aliphatic carbocycles. The Balaban J connectivity index is 0. The summed E-state index contributed by atoms with van der Waals surface area (Å²) in [6.07, 6.45) is -1.98. The molecule has 11 heteroatoms. The molecule has 0 aliphatic rings. The first-order valence-electron chi connectivity index (χ1n) is 3.76. The van der Waals surface area contributed by atoms with Crippen molar-refractivity contribution >= 4 is 22.8 Å². The highest BCUT2D eigenvalue weighted by molar-refractivity contribution is 7.46. The number of rotatable bonds is 6. The van der Waals surface area contributed by atoms with Crippen molar-refractivity contribution in [1.29, 1.82) is 0 Å². The summed E-state index contributed by atoms with van der Waals surface area (Å²) in [6, 6.07) is 0. The molecule has 5 N–H and O–H groups in total. The van der Waals surface area contributed by atoms with Gasteiger partial charge in [0.1, 0.15) is 12.4 Å². The van der Waals surface area contributed by atoms with Crippen molar-refractivity contribution in [1.82, 2.24) is 0 Å². The standard InChI is InChI=1S/C5H10O4.O5P2/c6-2-1-4(8)5(9)3-7;1-6(2)5-7(3)4/h2,4-5,7-9H,1,3H2;/p+2. The zero-order valence-electron chi connectivity index (χ0n) is 7.91. The summed E-state index contributed by atoms with van der Waals surface area (Å²) in [5.74, 6) is 0. The molecule has 0 spiro atoms. The number of hydrogen-bond donors (Lipinski definition) is 5. The molecule has 0 saturated carbocycles. The van der Waals surface area contributed by atoms with Gasteiger partial charge in [-0.05, 0) is 0 Å². The van der Waals surface area contributed by atoms with E-state index in [0.717, 1.165) is 0 Å². The van der Waals surface area contributed by atoms with E-state index < -0.39 is 35.3 Å². The number of carbonyl (C=O) groups is 1. The zero-order chi connectivity index (χ0) is 13.1. The minimum atomic E-state index is -2.92. The van der Waals surface area contributed by atoms with Gasteiger partial charge in [0.2, 0.25) is 0 Å². The normalized spacial score (nSPS) is 15.3. The number of hydrogen-bond acceptors (Lipinski definition) is 7. The lowest BCUT2D eigenvalue weighted by atomic mass is 10.2. The average molecular weight is 278 g/mol. The summed E-state index contributed by atoms with van der Waals surface area (Å²) in [6.45, 7) is -0.519. The average Bonchev–Trinajstić information content (AvgIpc) is 2.15. The highest BCUT2D eigenvalue weighted by atomic mass is 31.2. The lowest BCUT2D eigenvalue weighted by Gasteiger charge is -2.11. The first-order chi connectivity index (χ1) is 7.34. The summed E-state index contributed by atoms with van der Waals surface area (Å²) in [5, 5.41) is 25.5. The van der Waals surface area contributed by atoms with Gasteiger partial charge in [-0.2, -0.15) is 0 Å². The van der Waals surface area contributed by atoms with Crippen LogP contribution < -0.4 is 0 Å². The summed E-state index contributed by atoms with van der Waals surface area (Å²) in [4.78, 5) is 25.0. The molecule has 0 saturated heterocycles. The Morgan fingerprint density at radius 3 is 1.75 bits per heavy atom. The van der Waals surface area contributed by atoms with Crippen molar-refractivity contribution in [3.05, 3.63) is 0 Å². The van der Waals surface area contributed by atoms with Crippen molar-refractivity contribution in [3.8, 4) is 0 Å². The Kier molecular flexibility index (Phi) is 12.5. The van der Waals surface area contributed by atoms with Crippen LogP contribution >= 0.6 is 16.5 Å². The third kappa shape index (κ3) is 13.6. The molecule has 0 fully saturated rings. The molecule has 0 aromatic rings. The molecule has 0 heterocycles. The van der Waals surface area contributed by atoms with Gasteiger partial charge in [0.25, 0.3) is 0 Å². The van der Waals surface area contributed by atoms with Crippen molar-refractivity contribution in [2.24, 2.45) is 0 Å². The van der Waals surface area contributed by atoms with E-state index in [0.29, 0.717) is 6.29 Å². The second-order valence-corrected chi connectivity index (χ2v) is 3.88. The number of aliphatic hydroxyl groups excluding tert-OH is 3. The van der Waals surface area contributed by atoms with Crippen molar-refractivity contribution in [3.63, 3.8) is 0 Å². The van der Waals surface area contributed by atoms with Gasteiger partial charge in [-0.1, -0.05) is 0 Å². The van der Waals surface area contributed by atoms with E-state index in [1.807, 2.05) is 0 Å². The third-order valence-electron chi connectivity index (χ3n) is 1.11. The first-order valence-corrected chi connectivity index (χ1v) is 6.02. The van der Waals surface area contributed by atoms with Crippen LogP contribution in [0.25, 0.3) is 0 Å². The number of aldehydes is 1. The van der Waals surface area contributed by atoms with E-state index in [1.54, 1.807) is 0 Å². The fourth-order valence-electron chi connectivity index (χ4n) is 0.437. The van der Waals surface area contributed by atoms with Gasteiger partial charge in [-0.15, -0.1) is 9.79 Å². The third-order valence-corrected chi connectivity index (χ3v) is 2.23. The van der Waals surface area contributed by atoms with Gasteiger partial charge in [0, 0.05) is 15.6 Å². The van der Waals surface area contributed by atoms with Crippen LogP contribution in [0, 0.1) is 0 Å². The van der Waals surface area contributed by atoms with Crippen LogP contribution in [0.2, 0.25) is 0 Å². The van der Waals surface area contributed by atoms with Gasteiger partial charge in [0.05, 0.1) is 12.7 Å². The Morgan fingerprint density at radius 2 is 1.56 bits per heavy atom. The number of aliphatic hydroxyl groups is 3. The molecule has 94 valence electrons. The van der Waals surface area contributed by atoms with Crippen LogP contribution in [0.5, 0.6) is 0 Å². The van der Waals surface area contributed by atoms with Gasteiger partial charge in [-0.3, -0.25) is 0 Å². The van der Waals surface area contributed by atoms with Gasteiger partial charge in [-0.25, -0.2) is 0 Å². The van der Waals surface area contributed by atoms with Crippen LogP contribution in [-0.2, 0) is 18.2 Å². The highest BCUT2D eigenvalue weighted by Gasteiger charge is 2.31. The molecule has 0 rings (SSSR count). The quantitative estimate of drug-likeness (QED) is 0.290. The minimum Gasteiger partial charge on any atom is -0.394 e. The van der Waals surface area contributed by atoms with Crippen LogP contribution in [0.15, 0.2) is 0 Å². The van der Waals surface area contributed by atoms with E-state index in [4.69, 9.17) is 25.1 Å². The summed E-state index contributed by atoms with van der Waals surface area (Å²) in [7, 11) is -5.85. The minimum absolute atomic E-state index is 0.137. The summed E-state index contributed by atoms with van der Waals surface area (Å²) in [5.41, 5.74) is 0. The smallest absolute Gasteiger partial charge is 0.394 e. The monoisotopic (exact) mass is 278 g/mol. The topological polar surface area (TPSA) is 162 Å². The van der Waals surface area contributed by atoms with Crippen LogP contribution in [0.4, 0.5) is 0 Å². The lowest BCUT2D eigenvalue weighted by molar-refractivity contribution is -0.111. The lowest BCUT2D eigenvalue weighted by Crippen LogP contribution is -2.29. The van der Waals surface area contributed by atoms with E-state index >= 15 is 0 Å². The second kappa shape index (κ2) is 11.1. The molecule has 0 amide bonds. The van der Waals surface area contributed by atoms with Crippen molar-refractivity contribution in [2.75, 3.05) is 6.61 Å². The van der Waals surface area contributed by atoms with Crippen molar-refractivity contribution in [2.45, 2.75) is 18.6 Å². The first kappa shape index (κ1) is 18.0. The fourth-order valence-corrected chi connectivity index (χ4v) is 0.915. The Morgan fingerprint density at radius 1 is 1.12 bits per heavy atom. The summed E-state index contributed by atoms with van der Waals surface area (Å²) >= 11 is 0. The van der Waals surface area contributed by atoms with Crippen LogP contribution in [0.1, 0.15) is 6.42 Å². The SMILES string of the molecule is O=CCC(O)C(O)CO.O=[P+](O)O[P+](=O)O. The van der Waals surface area contributed by atoms with Gasteiger partial charge < -0.3 is 20.1 Å². The van der Waals surface area contributed by atoms with Crippen molar-refractivity contribution < 1.29 is 43.3 Å². The molecule has 0 bridgehead atoms. The fraction of sp³-hybridized carbons (Fsp3) is 0.800. The molecule has 0 aromatic carbocycles. The number of carbonyl (C=O) groups excluding carboxylic acids is 1. The molecule has 16 heavy (non-hydrogen) atoms. The van der Waals surface area contributed by atoms with E-state index in [9.17, 15) is 13.9 Å².